The number of hydrogen-bond acceptors (Lipinski definition) is 5. The van der Waals surface area contributed by atoms with Crippen LogP contribution >= 0.6 is 11.6 Å². The molecule has 5 rings (SSSR count). The molecule has 7 nitrogen and oxygen atoms in total. The molecule has 1 aromatic heterocycles. The molecule has 0 radical (unpaired) electrons. The van der Waals surface area contributed by atoms with E-state index in [-0.39, 0.29) is 39.8 Å². The quantitative estimate of drug-likeness (QED) is 0.549. The summed E-state index contributed by atoms with van der Waals surface area (Å²) < 4.78 is 21.8. The van der Waals surface area contributed by atoms with Crippen LogP contribution in [0.1, 0.15) is 25.8 Å². The number of nitrogens with two attached hydrogens (primary N) is 1. The Morgan fingerprint density at radius 1 is 1.29 bits per heavy atom. The number of fused-ring (bicyclic) bond motifs is 2. The molecule has 1 saturated carbocycles. The summed E-state index contributed by atoms with van der Waals surface area (Å²) in [5.74, 6) is -0.144. The van der Waals surface area contributed by atoms with Gasteiger partial charge in [-0.3, -0.25) is 4.79 Å². The summed E-state index contributed by atoms with van der Waals surface area (Å²) in [7, 11) is 0. The Hall–Kier alpha value is -2.58. The van der Waals surface area contributed by atoms with Crippen molar-refractivity contribution in [3.8, 4) is 5.75 Å². The van der Waals surface area contributed by atoms with Crippen LogP contribution in [0.15, 0.2) is 29.2 Å². The van der Waals surface area contributed by atoms with Crippen LogP contribution in [-0.2, 0) is 0 Å². The number of allylic oxidation sites excluding steroid dienone is 1. The van der Waals surface area contributed by atoms with Gasteiger partial charge in [0.2, 0.25) is 5.43 Å². The Balaban J connectivity index is 1.65. The fraction of sp³-hybridized carbons (Fsp3) is 0.455. The highest BCUT2D eigenvalue weighted by Gasteiger charge is 2.42. The Labute approximate surface area is 182 Å². The molecule has 1 aliphatic heterocycles. The molecule has 2 heterocycles. The SMILES string of the molecule is CC1C=CC(N)C2CN(c3c(F)cc4c(=O)c(OC(=O)O)cn(C5CC5)c4c3Cl)CC12. The van der Waals surface area contributed by atoms with Crippen LogP contribution in [0.5, 0.6) is 5.75 Å². The highest BCUT2D eigenvalue weighted by atomic mass is 35.5. The fourth-order valence-electron chi connectivity index (χ4n) is 5.09. The first-order valence-corrected chi connectivity index (χ1v) is 10.8. The fourth-order valence-corrected chi connectivity index (χ4v) is 5.50. The lowest BCUT2D eigenvalue weighted by Crippen LogP contribution is -2.38. The van der Waals surface area contributed by atoms with Crippen LogP contribution in [-0.4, -0.2) is 35.0 Å². The second-order valence-corrected chi connectivity index (χ2v) is 9.18. The van der Waals surface area contributed by atoms with Crippen LogP contribution in [0.2, 0.25) is 5.02 Å². The highest BCUT2D eigenvalue weighted by molar-refractivity contribution is 6.38. The van der Waals surface area contributed by atoms with Gasteiger partial charge in [-0.1, -0.05) is 30.7 Å². The number of pyridine rings is 1. The molecule has 4 unspecified atom stereocenters. The molecule has 0 amide bonds. The molecule has 9 heteroatoms. The molecule has 2 fully saturated rings. The van der Waals surface area contributed by atoms with Gasteiger partial charge in [-0.2, -0.15) is 0 Å². The summed E-state index contributed by atoms with van der Waals surface area (Å²) >= 11 is 6.76. The van der Waals surface area contributed by atoms with Gasteiger partial charge in [0.15, 0.2) is 5.75 Å². The minimum absolute atomic E-state index is 0.0141. The molecule has 0 bridgehead atoms. The first-order valence-electron chi connectivity index (χ1n) is 10.4. The number of rotatable bonds is 3. The first-order chi connectivity index (χ1) is 14.8. The molecule has 31 heavy (non-hydrogen) atoms. The van der Waals surface area contributed by atoms with E-state index in [0.717, 1.165) is 18.9 Å². The van der Waals surface area contributed by atoms with E-state index in [4.69, 9.17) is 22.4 Å². The zero-order chi connectivity index (χ0) is 22.0. The standard InChI is InChI=1S/C22H23ClFN3O4/c1-10-2-5-16(25)14-8-26(7-13(10)14)20-15(24)6-12-19(18(20)23)27(11-3-4-11)9-17(21(12)28)31-22(29)30/h2,5-6,9-11,13-14,16H,3-4,7-8,25H2,1H3,(H,29,30). The molecule has 3 aliphatic rings. The molecule has 3 N–H and O–H groups in total. The molecule has 2 aromatic rings. The Kier molecular flexibility index (Phi) is 4.75. The summed E-state index contributed by atoms with van der Waals surface area (Å²) in [6.07, 6.45) is 5.63. The number of carbonyl (C=O) groups is 1. The summed E-state index contributed by atoms with van der Waals surface area (Å²) in [6, 6.07) is 1.12. The van der Waals surface area contributed by atoms with Crippen LogP contribution in [0, 0.1) is 23.6 Å². The average Bonchev–Trinajstić information content (AvgIpc) is 3.45. The first kappa shape index (κ1) is 20.3. The molecular formula is C22H23ClFN3O4. The minimum Gasteiger partial charge on any atom is -0.449 e. The minimum atomic E-state index is -1.60. The van der Waals surface area contributed by atoms with Gasteiger partial charge in [-0.15, -0.1) is 0 Å². The van der Waals surface area contributed by atoms with Crippen LogP contribution in [0.3, 0.4) is 0 Å². The maximum absolute atomic E-state index is 15.3. The van der Waals surface area contributed by atoms with E-state index >= 15 is 4.39 Å². The van der Waals surface area contributed by atoms with Crippen molar-refractivity contribution in [1.82, 2.24) is 4.57 Å². The number of anilines is 1. The van der Waals surface area contributed by atoms with Crippen molar-refractivity contribution in [3.63, 3.8) is 0 Å². The van der Waals surface area contributed by atoms with Crippen molar-refractivity contribution in [2.24, 2.45) is 23.5 Å². The zero-order valence-electron chi connectivity index (χ0n) is 16.9. The number of halogens is 2. The molecule has 164 valence electrons. The lowest BCUT2D eigenvalue weighted by atomic mass is 9.77. The van der Waals surface area contributed by atoms with E-state index in [1.165, 1.54) is 6.20 Å². The molecule has 4 atom stereocenters. The number of ether oxygens (including phenoxy) is 1. The number of nitrogens with zero attached hydrogens (tertiary/aromatic N) is 2. The van der Waals surface area contributed by atoms with E-state index in [1.807, 2.05) is 11.0 Å². The molecular weight excluding hydrogens is 425 g/mol. The maximum Gasteiger partial charge on any atom is 0.511 e. The Bertz CT molecular complexity index is 1160. The topological polar surface area (TPSA) is 97.8 Å². The van der Waals surface area contributed by atoms with Gasteiger partial charge in [0.25, 0.3) is 0 Å². The summed E-state index contributed by atoms with van der Waals surface area (Å²) in [5, 5.41) is 9.13. The van der Waals surface area contributed by atoms with Gasteiger partial charge in [-0.25, -0.2) is 9.18 Å². The van der Waals surface area contributed by atoms with Gasteiger partial charge in [-0.05, 0) is 30.7 Å². The van der Waals surface area contributed by atoms with Gasteiger partial charge in [0.05, 0.1) is 27.8 Å². The predicted octanol–water partition coefficient (Wildman–Crippen LogP) is 3.77. The van der Waals surface area contributed by atoms with Gasteiger partial charge in [0.1, 0.15) is 5.82 Å². The normalized spacial score (nSPS) is 27.5. The lowest BCUT2D eigenvalue weighted by Gasteiger charge is -2.30. The molecule has 1 aromatic carbocycles. The monoisotopic (exact) mass is 447 g/mol. The molecule has 0 spiro atoms. The van der Waals surface area contributed by atoms with E-state index in [1.54, 1.807) is 4.57 Å². The summed E-state index contributed by atoms with van der Waals surface area (Å²) in [5.41, 5.74) is 6.27. The van der Waals surface area contributed by atoms with E-state index in [0.29, 0.717) is 30.4 Å². The number of benzene rings is 1. The van der Waals surface area contributed by atoms with Gasteiger partial charge < -0.3 is 25.0 Å². The van der Waals surface area contributed by atoms with Crippen LogP contribution in [0.4, 0.5) is 14.9 Å². The third-order valence-corrected chi connectivity index (χ3v) is 7.18. The van der Waals surface area contributed by atoms with Crippen molar-refractivity contribution in [3.05, 3.63) is 45.5 Å². The Morgan fingerprint density at radius 3 is 2.65 bits per heavy atom. The Morgan fingerprint density at radius 2 is 2.00 bits per heavy atom. The van der Waals surface area contributed by atoms with E-state index in [2.05, 4.69) is 17.7 Å². The third-order valence-electron chi connectivity index (χ3n) is 6.82. The smallest absolute Gasteiger partial charge is 0.449 e. The van der Waals surface area contributed by atoms with Crippen molar-refractivity contribution < 1.29 is 19.0 Å². The van der Waals surface area contributed by atoms with Crippen molar-refractivity contribution in [2.75, 3.05) is 18.0 Å². The number of carboxylic acid groups (broad SMARTS) is 1. The second-order valence-electron chi connectivity index (χ2n) is 8.80. The average molecular weight is 448 g/mol. The van der Waals surface area contributed by atoms with E-state index in [9.17, 15) is 9.59 Å². The largest absolute Gasteiger partial charge is 0.511 e. The number of aromatic nitrogens is 1. The van der Waals surface area contributed by atoms with Gasteiger partial charge in [0, 0.05) is 31.1 Å². The number of hydrogen-bond donors (Lipinski definition) is 2. The van der Waals surface area contributed by atoms with Crippen LogP contribution < -0.4 is 20.8 Å². The van der Waals surface area contributed by atoms with Crippen LogP contribution in [0.25, 0.3) is 10.9 Å². The van der Waals surface area contributed by atoms with Crippen molar-refractivity contribution in [2.45, 2.75) is 31.8 Å². The third kappa shape index (κ3) is 3.29. The second kappa shape index (κ2) is 7.24. The summed E-state index contributed by atoms with van der Waals surface area (Å²) in [6.45, 7) is 3.34. The summed E-state index contributed by atoms with van der Waals surface area (Å²) in [4.78, 5) is 25.8. The zero-order valence-corrected chi connectivity index (χ0v) is 17.7. The van der Waals surface area contributed by atoms with E-state index < -0.39 is 17.4 Å². The van der Waals surface area contributed by atoms with Crippen molar-refractivity contribution in [1.29, 1.82) is 0 Å². The van der Waals surface area contributed by atoms with Crippen molar-refractivity contribution >= 4 is 34.3 Å². The molecule has 2 aliphatic carbocycles. The maximum atomic E-state index is 15.3. The lowest BCUT2D eigenvalue weighted by molar-refractivity contribution is 0.143. The molecule has 1 saturated heterocycles. The van der Waals surface area contributed by atoms with Gasteiger partial charge >= 0.3 is 6.16 Å². The predicted molar refractivity (Wildman–Crippen MR) is 116 cm³/mol. The highest BCUT2D eigenvalue weighted by Crippen LogP contribution is 2.45.